The molecule has 0 fully saturated rings. The Kier molecular flexibility index (Phi) is 5.54. The van der Waals surface area contributed by atoms with Crippen LogP contribution in [0.15, 0.2) is 22.5 Å². The quantitative estimate of drug-likeness (QED) is 0.715. The maximum atomic E-state index is 10.9. The van der Waals surface area contributed by atoms with E-state index < -0.39 is 0 Å². The van der Waals surface area contributed by atoms with E-state index in [-0.39, 0.29) is 5.91 Å². The molecule has 0 aromatic carbocycles. The molecule has 0 saturated heterocycles. The summed E-state index contributed by atoms with van der Waals surface area (Å²) in [6.07, 6.45) is 0. The van der Waals surface area contributed by atoms with Gasteiger partial charge >= 0.3 is 0 Å². The Morgan fingerprint density at radius 3 is 2.50 bits per heavy atom. The molecule has 0 atom stereocenters. The van der Waals surface area contributed by atoms with Crippen molar-refractivity contribution in [2.24, 2.45) is 0 Å². The minimum Gasteiger partial charge on any atom is -0.348 e. The number of nitrogens with one attached hydrogen (secondary N) is 1. The SMILES string of the molecule is C=CSC1=C(C)CNC1=O.CC. The van der Waals surface area contributed by atoms with Gasteiger partial charge in [0.05, 0.1) is 4.91 Å². The summed E-state index contributed by atoms with van der Waals surface area (Å²) in [6, 6.07) is 0. The highest BCUT2D eigenvalue weighted by Crippen LogP contribution is 2.23. The van der Waals surface area contributed by atoms with Gasteiger partial charge in [-0.05, 0) is 17.9 Å². The average Bonchev–Trinajstić information content (AvgIpc) is 2.40. The van der Waals surface area contributed by atoms with Gasteiger partial charge in [0.2, 0.25) is 0 Å². The summed E-state index contributed by atoms with van der Waals surface area (Å²) < 4.78 is 0. The van der Waals surface area contributed by atoms with Crippen molar-refractivity contribution in [2.75, 3.05) is 6.54 Å². The lowest BCUT2D eigenvalue weighted by molar-refractivity contribution is -0.116. The third-order valence-corrected chi connectivity index (χ3v) is 2.25. The lowest BCUT2D eigenvalue weighted by atomic mass is 10.3. The Balaban J connectivity index is 0.000000561. The molecule has 1 amide bonds. The van der Waals surface area contributed by atoms with Gasteiger partial charge in [-0.15, -0.1) is 0 Å². The molecule has 12 heavy (non-hydrogen) atoms. The fourth-order valence-corrected chi connectivity index (χ4v) is 1.42. The normalized spacial score (nSPS) is 15.1. The Morgan fingerprint density at radius 1 is 1.58 bits per heavy atom. The van der Waals surface area contributed by atoms with Gasteiger partial charge in [-0.2, -0.15) is 0 Å². The molecular weight excluding hydrogens is 170 g/mol. The highest BCUT2D eigenvalue weighted by Gasteiger charge is 2.18. The smallest absolute Gasteiger partial charge is 0.258 e. The van der Waals surface area contributed by atoms with Crippen molar-refractivity contribution in [3.8, 4) is 0 Å². The van der Waals surface area contributed by atoms with E-state index in [4.69, 9.17) is 0 Å². The van der Waals surface area contributed by atoms with Crippen LogP contribution in [0.4, 0.5) is 0 Å². The second-order valence-corrected chi connectivity index (χ2v) is 3.05. The van der Waals surface area contributed by atoms with Crippen molar-refractivity contribution < 1.29 is 4.79 Å². The Hall–Kier alpha value is -0.700. The Labute approximate surface area is 78.1 Å². The van der Waals surface area contributed by atoms with E-state index in [1.165, 1.54) is 11.8 Å². The van der Waals surface area contributed by atoms with Crippen molar-refractivity contribution in [1.29, 1.82) is 0 Å². The zero-order valence-electron chi connectivity index (χ0n) is 7.81. The second-order valence-electron chi connectivity index (χ2n) is 2.08. The van der Waals surface area contributed by atoms with Crippen molar-refractivity contribution in [3.63, 3.8) is 0 Å². The second kappa shape index (κ2) is 5.89. The van der Waals surface area contributed by atoms with Crippen LogP contribution in [0.2, 0.25) is 0 Å². The van der Waals surface area contributed by atoms with Crippen molar-refractivity contribution >= 4 is 17.7 Å². The fourth-order valence-electron chi connectivity index (χ4n) is 0.805. The molecule has 3 heteroatoms. The van der Waals surface area contributed by atoms with Crippen LogP contribution in [0.1, 0.15) is 20.8 Å². The highest BCUT2D eigenvalue weighted by molar-refractivity contribution is 8.06. The van der Waals surface area contributed by atoms with Gasteiger partial charge < -0.3 is 5.32 Å². The van der Waals surface area contributed by atoms with E-state index in [0.29, 0.717) is 6.54 Å². The number of carbonyl (C=O) groups is 1. The minimum atomic E-state index is 0.0300. The van der Waals surface area contributed by atoms with Crippen LogP contribution in [0.3, 0.4) is 0 Å². The number of carbonyl (C=O) groups excluding carboxylic acids is 1. The van der Waals surface area contributed by atoms with Gasteiger partial charge in [0.1, 0.15) is 0 Å². The number of thioether (sulfide) groups is 1. The molecule has 0 radical (unpaired) electrons. The van der Waals surface area contributed by atoms with Gasteiger partial charge in [0.25, 0.3) is 5.91 Å². The summed E-state index contributed by atoms with van der Waals surface area (Å²) in [4.78, 5) is 11.7. The largest absolute Gasteiger partial charge is 0.348 e. The first-order chi connectivity index (χ1) is 5.75. The van der Waals surface area contributed by atoms with Crippen LogP contribution in [-0.2, 0) is 4.79 Å². The van der Waals surface area contributed by atoms with Gasteiger partial charge in [0.15, 0.2) is 0 Å². The third kappa shape index (κ3) is 2.74. The van der Waals surface area contributed by atoms with E-state index in [1.807, 2.05) is 20.8 Å². The molecule has 1 N–H and O–H groups in total. The number of amides is 1. The lowest BCUT2D eigenvalue weighted by Gasteiger charge is -1.92. The molecule has 0 spiro atoms. The molecule has 1 aliphatic heterocycles. The lowest BCUT2D eigenvalue weighted by Crippen LogP contribution is -2.16. The van der Waals surface area contributed by atoms with Gasteiger partial charge in [-0.25, -0.2) is 0 Å². The highest BCUT2D eigenvalue weighted by atomic mass is 32.2. The number of hydrogen-bond acceptors (Lipinski definition) is 2. The first-order valence-electron chi connectivity index (χ1n) is 4.01. The molecule has 1 heterocycles. The molecule has 0 aliphatic carbocycles. The minimum absolute atomic E-state index is 0.0300. The Morgan fingerprint density at radius 2 is 2.17 bits per heavy atom. The first kappa shape index (κ1) is 11.3. The molecule has 0 aromatic rings. The molecule has 68 valence electrons. The topological polar surface area (TPSA) is 29.1 Å². The monoisotopic (exact) mass is 185 g/mol. The summed E-state index contributed by atoms with van der Waals surface area (Å²) in [7, 11) is 0. The molecule has 0 bridgehead atoms. The van der Waals surface area contributed by atoms with Crippen LogP contribution < -0.4 is 5.32 Å². The summed E-state index contributed by atoms with van der Waals surface area (Å²) in [5.41, 5.74) is 1.11. The standard InChI is InChI=1S/C7H9NOS.C2H6/c1-3-10-6-5(2)4-8-7(6)9;1-2/h3H,1,4H2,2H3,(H,8,9);1-2H3. The molecule has 2 nitrogen and oxygen atoms in total. The zero-order chi connectivity index (χ0) is 9.56. The fraction of sp³-hybridized carbons (Fsp3) is 0.444. The Bertz CT molecular complexity index is 209. The molecule has 0 aromatic heterocycles. The molecule has 0 unspecified atom stereocenters. The van der Waals surface area contributed by atoms with E-state index in [1.54, 1.807) is 5.41 Å². The summed E-state index contributed by atoms with van der Waals surface area (Å²) >= 11 is 1.39. The van der Waals surface area contributed by atoms with Crippen LogP contribution in [0, 0.1) is 0 Å². The van der Waals surface area contributed by atoms with Gasteiger partial charge in [0, 0.05) is 6.54 Å². The summed E-state index contributed by atoms with van der Waals surface area (Å²) in [6.45, 7) is 10.2. The van der Waals surface area contributed by atoms with E-state index in [9.17, 15) is 4.79 Å². The molecular formula is C9H15NOS. The predicted octanol–water partition coefficient (Wildman–Crippen LogP) is 2.29. The van der Waals surface area contributed by atoms with Crippen LogP contribution in [-0.4, -0.2) is 12.5 Å². The van der Waals surface area contributed by atoms with E-state index >= 15 is 0 Å². The zero-order valence-corrected chi connectivity index (χ0v) is 8.62. The van der Waals surface area contributed by atoms with E-state index in [0.717, 1.165) is 10.5 Å². The number of hydrogen-bond donors (Lipinski definition) is 1. The van der Waals surface area contributed by atoms with E-state index in [2.05, 4.69) is 11.9 Å². The first-order valence-corrected chi connectivity index (χ1v) is 4.89. The van der Waals surface area contributed by atoms with Gasteiger partial charge in [-0.1, -0.05) is 32.2 Å². The van der Waals surface area contributed by atoms with Crippen molar-refractivity contribution in [2.45, 2.75) is 20.8 Å². The molecule has 1 rings (SSSR count). The maximum Gasteiger partial charge on any atom is 0.258 e. The summed E-state index contributed by atoms with van der Waals surface area (Å²) in [5.74, 6) is 0.0300. The van der Waals surface area contributed by atoms with Crippen LogP contribution >= 0.6 is 11.8 Å². The average molecular weight is 185 g/mol. The van der Waals surface area contributed by atoms with Gasteiger partial charge in [-0.3, -0.25) is 4.79 Å². The van der Waals surface area contributed by atoms with Crippen LogP contribution in [0.5, 0.6) is 0 Å². The van der Waals surface area contributed by atoms with Crippen molar-refractivity contribution in [1.82, 2.24) is 5.32 Å². The molecule has 1 aliphatic rings. The van der Waals surface area contributed by atoms with Crippen LogP contribution in [0.25, 0.3) is 0 Å². The molecule has 0 saturated carbocycles. The third-order valence-electron chi connectivity index (χ3n) is 1.31. The maximum absolute atomic E-state index is 10.9. The van der Waals surface area contributed by atoms with Crippen molar-refractivity contribution in [3.05, 3.63) is 22.5 Å². The summed E-state index contributed by atoms with van der Waals surface area (Å²) in [5, 5.41) is 4.39. The number of rotatable bonds is 2. The predicted molar refractivity (Wildman–Crippen MR) is 54.8 cm³/mol.